The van der Waals surface area contributed by atoms with Crippen molar-refractivity contribution >= 4 is 5.71 Å². The van der Waals surface area contributed by atoms with Crippen LogP contribution in [0.1, 0.15) is 19.4 Å². The summed E-state index contributed by atoms with van der Waals surface area (Å²) in [6, 6.07) is 6.48. The van der Waals surface area contributed by atoms with E-state index in [1.165, 1.54) is 12.1 Å². The summed E-state index contributed by atoms with van der Waals surface area (Å²) in [6.07, 6.45) is 1.98. The average molecular weight is 220 g/mol. The van der Waals surface area contributed by atoms with E-state index in [1.807, 2.05) is 19.9 Å². The lowest BCUT2D eigenvalue weighted by atomic mass is 10.2. The molecule has 0 atom stereocenters. The highest BCUT2D eigenvalue weighted by atomic mass is 19.1. The Hall–Kier alpha value is -1.64. The molecule has 0 aliphatic carbocycles. The summed E-state index contributed by atoms with van der Waals surface area (Å²) in [5.74, 6) is -0.204. The molecule has 1 N–H and O–H groups in total. The standard InChI is InChI=1S/C13H17FN2/c1-10(15-3)8-11(2)16-9-12-4-6-13(14)7-5-12/h4-8,16H,9H2,1-3H3/b11-8+,15-10?. The molecule has 3 heteroatoms. The van der Waals surface area contributed by atoms with Gasteiger partial charge in [-0.3, -0.25) is 4.99 Å². The molecule has 0 unspecified atom stereocenters. The highest BCUT2D eigenvalue weighted by Crippen LogP contribution is 2.03. The lowest BCUT2D eigenvalue weighted by Crippen LogP contribution is -2.11. The van der Waals surface area contributed by atoms with Gasteiger partial charge >= 0.3 is 0 Å². The van der Waals surface area contributed by atoms with Crippen molar-refractivity contribution in [3.05, 3.63) is 47.4 Å². The summed E-state index contributed by atoms with van der Waals surface area (Å²) >= 11 is 0. The van der Waals surface area contributed by atoms with E-state index in [0.29, 0.717) is 6.54 Å². The molecule has 16 heavy (non-hydrogen) atoms. The predicted octanol–water partition coefficient (Wildman–Crippen LogP) is 2.91. The number of halogens is 1. The van der Waals surface area contributed by atoms with Gasteiger partial charge in [-0.2, -0.15) is 0 Å². The zero-order valence-electron chi connectivity index (χ0n) is 9.92. The Morgan fingerprint density at radius 2 is 1.94 bits per heavy atom. The fourth-order valence-electron chi connectivity index (χ4n) is 1.27. The summed E-state index contributed by atoms with van der Waals surface area (Å²) in [5.41, 5.74) is 3.08. The van der Waals surface area contributed by atoms with Crippen LogP contribution >= 0.6 is 0 Å². The highest BCUT2D eigenvalue weighted by Gasteiger charge is 1.94. The summed E-state index contributed by atoms with van der Waals surface area (Å²) in [4.78, 5) is 4.05. The molecule has 1 aromatic carbocycles. The third-order valence-corrected chi connectivity index (χ3v) is 2.26. The van der Waals surface area contributed by atoms with Crippen molar-refractivity contribution in [2.24, 2.45) is 4.99 Å². The van der Waals surface area contributed by atoms with Crippen molar-refractivity contribution in [3.63, 3.8) is 0 Å². The quantitative estimate of drug-likeness (QED) is 0.775. The number of hydrogen-bond acceptors (Lipinski definition) is 2. The Balaban J connectivity index is 2.52. The van der Waals surface area contributed by atoms with E-state index in [-0.39, 0.29) is 5.82 Å². The molecule has 0 saturated heterocycles. The maximum atomic E-state index is 12.7. The highest BCUT2D eigenvalue weighted by molar-refractivity contribution is 5.93. The number of nitrogens with one attached hydrogen (secondary N) is 1. The molecule has 0 aliphatic rings. The SMILES string of the molecule is CN=C(C)/C=C(\C)NCc1ccc(F)cc1. The van der Waals surface area contributed by atoms with E-state index in [9.17, 15) is 4.39 Å². The second-order valence-electron chi connectivity index (χ2n) is 3.67. The normalized spacial score (nSPS) is 12.8. The van der Waals surface area contributed by atoms with Gasteiger partial charge in [0.1, 0.15) is 5.82 Å². The van der Waals surface area contributed by atoms with E-state index in [2.05, 4.69) is 10.3 Å². The zero-order valence-corrected chi connectivity index (χ0v) is 9.92. The van der Waals surface area contributed by atoms with Gasteiger partial charge in [0.15, 0.2) is 0 Å². The fraction of sp³-hybridized carbons (Fsp3) is 0.308. The largest absolute Gasteiger partial charge is 0.384 e. The molecule has 0 aromatic heterocycles. The average Bonchev–Trinajstić information content (AvgIpc) is 2.28. The van der Waals surface area contributed by atoms with Crippen molar-refractivity contribution in [3.8, 4) is 0 Å². The van der Waals surface area contributed by atoms with Gasteiger partial charge in [-0.15, -0.1) is 0 Å². The van der Waals surface area contributed by atoms with E-state index in [0.717, 1.165) is 17.0 Å². The van der Waals surface area contributed by atoms with Gasteiger partial charge in [0, 0.05) is 25.0 Å². The topological polar surface area (TPSA) is 24.4 Å². The smallest absolute Gasteiger partial charge is 0.123 e. The van der Waals surface area contributed by atoms with E-state index in [4.69, 9.17) is 0 Å². The number of hydrogen-bond donors (Lipinski definition) is 1. The van der Waals surface area contributed by atoms with Crippen LogP contribution in [0.15, 0.2) is 41.0 Å². The second-order valence-corrected chi connectivity index (χ2v) is 3.67. The molecular weight excluding hydrogens is 203 g/mol. The van der Waals surface area contributed by atoms with Crippen molar-refractivity contribution in [1.82, 2.24) is 5.32 Å². The van der Waals surface area contributed by atoms with E-state index < -0.39 is 0 Å². The van der Waals surface area contributed by atoms with E-state index in [1.54, 1.807) is 19.2 Å². The van der Waals surface area contributed by atoms with Crippen molar-refractivity contribution in [2.75, 3.05) is 7.05 Å². The van der Waals surface area contributed by atoms with Gasteiger partial charge in [-0.1, -0.05) is 12.1 Å². The Kier molecular flexibility index (Phi) is 4.70. The molecule has 0 spiro atoms. The molecular formula is C13H17FN2. The molecule has 0 fully saturated rings. The number of allylic oxidation sites excluding steroid dienone is 2. The molecule has 0 amide bonds. The van der Waals surface area contributed by atoms with Crippen LogP contribution in [0.4, 0.5) is 4.39 Å². The van der Waals surface area contributed by atoms with Gasteiger partial charge in [-0.05, 0) is 37.6 Å². The molecule has 86 valence electrons. The fourth-order valence-corrected chi connectivity index (χ4v) is 1.27. The van der Waals surface area contributed by atoms with Crippen LogP contribution < -0.4 is 5.32 Å². The number of aliphatic imine (C=N–C) groups is 1. The van der Waals surface area contributed by atoms with Crippen LogP contribution in [0.3, 0.4) is 0 Å². The summed E-state index contributed by atoms with van der Waals surface area (Å²) in [6.45, 7) is 4.63. The first kappa shape index (κ1) is 12.4. The molecule has 1 rings (SSSR count). The third kappa shape index (κ3) is 4.26. The first-order valence-electron chi connectivity index (χ1n) is 5.22. The number of rotatable bonds is 4. The monoisotopic (exact) mass is 220 g/mol. The number of nitrogens with zero attached hydrogens (tertiary/aromatic N) is 1. The van der Waals surface area contributed by atoms with Crippen molar-refractivity contribution in [1.29, 1.82) is 0 Å². The molecule has 0 radical (unpaired) electrons. The minimum absolute atomic E-state index is 0.204. The second kappa shape index (κ2) is 6.05. The molecule has 0 saturated carbocycles. The van der Waals surface area contributed by atoms with E-state index >= 15 is 0 Å². The van der Waals surface area contributed by atoms with Gasteiger partial charge in [0.2, 0.25) is 0 Å². The van der Waals surface area contributed by atoms with Crippen molar-refractivity contribution in [2.45, 2.75) is 20.4 Å². The Labute approximate surface area is 95.9 Å². The van der Waals surface area contributed by atoms with Gasteiger partial charge in [0.25, 0.3) is 0 Å². The Bertz CT molecular complexity index is 391. The molecule has 0 heterocycles. The first-order chi connectivity index (χ1) is 7.61. The molecule has 2 nitrogen and oxygen atoms in total. The lowest BCUT2D eigenvalue weighted by Gasteiger charge is -2.06. The van der Waals surface area contributed by atoms with Crippen LogP contribution in [-0.4, -0.2) is 12.8 Å². The molecule has 0 aliphatic heterocycles. The summed E-state index contributed by atoms with van der Waals surface area (Å²) in [7, 11) is 1.76. The van der Waals surface area contributed by atoms with Gasteiger partial charge in [-0.25, -0.2) is 4.39 Å². The van der Waals surface area contributed by atoms with Gasteiger partial charge < -0.3 is 5.32 Å². The lowest BCUT2D eigenvalue weighted by molar-refractivity contribution is 0.626. The Morgan fingerprint density at radius 1 is 1.31 bits per heavy atom. The number of benzene rings is 1. The maximum Gasteiger partial charge on any atom is 0.123 e. The maximum absolute atomic E-state index is 12.7. The van der Waals surface area contributed by atoms with Crippen LogP contribution in [0.25, 0.3) is 0 Å². The van der Waals surface area contributed by atoms with Crippen LogP contribution in [-0.2, 0) is 6.54 Å². The minimum Gasteiger partial charge on any atom is -0.384 e. The zero-order chi connectivity index (χ0) is 12.0. The van der Waals surface area contributed by atoms with Crippen LogP contribution in [0, 0.1) is 5.82 Å². The van der Waals surface area contributed by atoms with Crippen LogP contribution in [0.5, 0.6) is 0 Å². The third-order valence-electron chi connectivity index (χ3n) is 2.26. The van der Waals surface area contributed by atoms with Crippen molar-refractivity contribution < 1.29 is 4.39 Å². The van der Waals surface area contributed by atoms with Crippen LogP contribution in [0.2, 0.25) is 0 Å². The predicted molar refractivity (Wildman–Crippen MR) is 66.0 cm³/mol. The molecule has 0 bridgehead atoms. The first-order valence-corrected chi connectivity index (χ1v) is 5.22. The summed E-state index contributed by atoms with van der Waals surface area (Å²) < 4.78 is 12.7. The van der Waals surface area contributed by atoms with Gasteiger partial charge in [0.05, 0.1) is 0 Å². The Morgan fingerprint density at radius 3 is 2.50 bits per heavy atom. The minimum atomic E-state index is -0.204. The molecule has 1 aromatic rings. The summed E-state index contributed by atoms with van der Waals surface area (Å²) in [5, 5.41) is 3.24.